The lowest BCUT2D eigenvalue weighted by Gasteiger charge is -2.15. The van der Waals surface area contributed by atoms with Crippen LogP contribution in [0.4, 0.5) is 18.9 Å². The maximum absolute atomic E-state index is 13.7. The van der Waals surface area contributed by atoms with Crippen LogP contribution in [0.2, 0.25) is 0 Å². The van der Waals surface area contributed by atoms with Crippen molar-refractivity contribution in [1.29, 1.82) is 0 Å². The normalized spacial score (nSPS) is 11.1. The number of alkyl halides is 3. The molecule has 11 heteroatoms. The Labute approximate surface area is 244 Å². The van der Waals surface area contributed by atoms with E-state index in [4.69, 9.17) is 23.8 Å². The summed E-state index contributed by atoms with van der Waals surface area (Å²) in [5.41, 5.74) is 6.92. The van der Waals surface area contributed by atoms with Gasteiger partial charge in [-0.3, -0.25) is 4.79 Å². The molecule has 0 unspecified atom stereocenters. The quantitative estimate of drug-likeness (QED) is 0.268. The van der Waals surface area contributed by atoms with Crippen molar-refractivity contribution in [3.63, 3.8) is 0 Å². The first-order chi connectivity index (χ1) is 20.5. The third-order valence-electron chi connectivity index (χ3n) is 6.30. The summed E-state index contributed by atoms with van der Waals surface area (Å²) < 4.78 is 49.8. The number of hydrogen-bond donors (Lipinski definition) is 1. The fourth-order valence-electron chi connectivity index (χ4n) is 4.14. The Bertz CT molecular complexity index is 1770. The van der Waals surface area contributed by atoms with E-state index >= 15 is 0 Å². The number of aliphatic carboxylic acids is 1. The Morgan fingerprint density at radius 1 is 0.930 bits per heavy atom. The second kappa shape index (κ2) is 13.3. The molecule has 1 heterocycles. The van der Waals surface area contributed by atoms with Crippen molar-refractivity contribution in [3.8, 4) is 22.8 Å². The van der Waals surface area contributed by atoms with Crippen LogP contribution in [-0.2, 0) is 11.4 Å². The summed E-state index contributed by atoms with van der Waals surface area (Å²) in [5, 5.41) is 11.1. The Kier molecular flexibility index (Phi) is 9.56. The molecular formula is C32H29F3N2O6. The monoisotopic (exact) mass is 594 g/mol. The molecule has 5 rings (SSSR count). The Morgan fingerprint density at radius 3 is 2.21 bits per heavy atom. The zero-order chi connectivity index (χ0) is 31.1. The molecule has 0 aliphatic carbocycles. The molecule has 0 fully saturated rings. The van der Waals surface area contributed by atoms with Crippen molar-refractivity contribution in [2.75, 3.05) is 32.1 Å². The summed E-state index contributed by atoms with van der Waals surface area (Å²) in [6, 6.07) is 27.2. The minimum atomic E-state index is -5.19. The van der Waals surface area contributed by atoms with Gasteiger partial charge in [-0.05, 0) is 64.9 Å². The van der Waals surface area contributed by atoms with Gasteiger partial charge in [0.1, 0.15) is 37.1 Å². The molecule has 224 valence electrons. The smallest absolute Gasteiger partial charge is 0.430 e. The second-order valence-electron chi connectivity index (χ2n) is 9.65. The van der Waals surface area contributed by atoms with Gasteiger partial charge in [-0.25, -0.2) is 0 Å². The number of carboxylic acid groups (broad SMARTS) is 1. The number of fused-ring (bicyclic) bond motifs is 2. The van der Waals surface area contributed by atoms with Gasteiger partial charge in [-0.15, -0.1) is 0 Å². The van der Waals surface area contributed by atoms with Crippen LogP contribution in [0.25, 0.3) is 33.1 Å². The van der Waals surface area contributed by atoms with Gasteiger partial charge in [0.2, 0.25) is 11.2 Å². The molecule has 43 heavy (non-hydrogen) atoms. The molecule has 0 aliphatic rings. The first-order valence-electron chi connectivity index (χ1n) is 13.2. The van der Waals surface area contributed by atoms with Gasteiger partial charge < -0.3 is 34.4 Å². The number of carboxylic acids is 1. The van der Waals surface area contributed by atoms with E-state index in [-0.39, 0.29) is 17.8 Å². The predicted octanol–water partition coefficient (Wildman–Crippen LogP) is 4.18. The zero-order valence-electron chi connectivity index (χ0n) is 23.4. The number of benzene rings is 4. The standard InChI is InChI=1S/C30H28N2O4.C2HF3O2/c1-32(2)24-11-8-21(9-12-24)29-30(35-19-20-6-4-3-5-7-20)28(33)26-17-22-10-13-25(34-15-14-31)16-23(22)18-27(26)36-29;3-2(4,5)1(6)7/h3-13,16-18H,14-15,19,31H2,1-2H3;(H,6,7). The molecule has 5 aromatic rings. The van der Waals surface area contributed by atoms with Crippen LogP contribution in [0.3, 0.4) is 0 Å². The van der Waals surface area contributed by atoms with Crippen molar-refractivity contribution in [2.24, 2.45) is 0 Å². The zero-order valence-corrected chi connectivity index (χ0v) is 23.4. The largest absolute Gasteiger partial charge is 0.542 e. The topological polar surface area (TPSA) is 120 Å². The summed E-state index contributed by atoms with van der Waals surface area (Å²) in [7, 11) is 3.97. The highest BCUT2D eigenvalue weighted by atomic mass is 19.4. The van der Waals surface area contributed by atoms with Crippen LogP contribution in [0.1, 0.15) is 5.56 Å². The van der Waals surface area contributed by atoms with Crippen LogP contribution in [0, 0.1) is 0 Å². The van der Waals surface area contributed by atoms with Crippen LogP contribution in [0.5, 0.6) is 11.5 Å². The second-order valence-corrected chi connectivity index (χ2v) is 9.65. The average Bonchev–Trinajstić information content (AvgIpc) is 2.99. The van der Waals surface area contributed by atoms with Crippen molar-refractivity contribution < 1.29 is 42.7 Å². The Hall–Kier alpha value is -5.03. The lowest BCUT2D eigenvalue weighted by atomic mass is 10.0. The van der Waals surface area contributed by atoms with Gasteiger partial charge in [0.05, 0.1) is 5.39 Å². The van der Waals surface area contributed by atoms with Crippen LogP contribution >= 0.6 is 0 Å². The van der Waals surface area contributed by atoms with Crippen molar-refractivity contribution in [3.05, 3.63) is 101 Å². The number of anilines is 1. The number of carbonyl (C=O) groups is 1. The molecule has 0 saturated carbocycles. The fraction of sp³-hybridized carbons (Fsp3) is 0.188. The summed E-state index contributed by atoms with van der Waals surface area (Å²) in [4.78, 5) is 24.6. The van der Waals surface area contributed by atoms with E-state index in [1.54, 1.807) is 0 Å². The summed E-state index contributed by atoms with van der Waals surface area (Å²) in [6.07, 6.45) is -5.19. The predicted molar refractivity (Wildman–Crippen MR) is 155 cm³/mol. The van der Waals surface area contributed by atoms with Crippen molar-refractivity contribution in [1.82, 2.24) is 0 Å². The molecule has 0 radical (unpaired) electrons. The van der Waals surface area contributed by atoms with Crippen LogP contribution in [-0.4, -0.2) is 39.4 Å². The Balaban J connectivity index is 0.000000541. The SMILES string of the molecule is CN(C)c1ccc(-c2oc3cc4cc(OCC[NH3+])ccc4cc3c(=O)c2OCc2ccccc2)cc1.O=C([O-])C(F)(F)F. The van der Waals surface area contributed by atoms with Gasteiger partial charge in [0, 0.05) is 25.3 Å². The number of nitrogens with zero attached hydrogens (tertiary/aromatic N) is 1. The molecule has 4 aromatic carbocycles. The number of halogens is 3. The number of carbonyl (C=O) groups excluding carboxylic acids is 1. The van der Waals surface area contributed by atoms with E-state index in [1.165, 1.54) is 0 Å². The highest BCUT2D eigenvalue weighted by molar-refractivity contribution is 5.97. The molecule has 3 N–H and O–H groups in total. The minimum Gasteiger partial charge on any atom is -0.542 e. The summed E-state index contributed by atoms with van der Waals surface area (Å²) in [6.45, 7) is 1.50. The molecule has 8 nitrogen and oxygen atoms in total. The molecule has 0 aliphatic heterocycles. The van der Waals surface area contributed by atoms with Gasteiger partial charge in [-0.2, -0.15) is 13.2 Å². The Morgan fingerprint density at radius 2 is 1.60 bits per heavy atom. The number of rotatable bonds is 8. The first kappa shape index (κ1) is 30.9. The van der Waals surface area contributed by atoms with E-state index in [2.05, 4.69) is 5.73 Å². The van der Waals surface area contributed by atoms with Gasteiger partial charge >= 0.3 is 6.18 Å². The van der Waals surface area contributed by atoms with E-state index in [1.807, 2.05) is 104 Å². The minimum absolute atomic E-state index is 0.196. The van der Waals surface area contributed by atoms with Crippen LogP contribution in [0.15, 0.2) is 94.1 Å². The van der Waals surface area contributed by atoms with E-state index in [0.29, 0.717) is 29.9 Å². The first-order valence-corrected chi connectivity index (χ1v) is 13.2. The summed E-state index contributed by atoms with van der Waals surface area (Å²) >= 11 is 0. The average molecular weight is 595 g/mol. The molecule has 0 bridgehead atoms. The maximum Gasteiger partial charge on any atom is 0.430 e. The van der Waals surface area contributed by atoms with Gasteiger partial charge in [0.15, 0.2) is 5.76 Å². The molecular weight excluding hydrogens is 565 g/mol. The fourth-order valence-corrected chi connectivity index (χ4v) is 4.14. The third kappa shape index (κ3) is 7.63. The van der Waals surface area contributed by atoms with E-state index < -0.39 is 12.1 Å². The third-order valence-corrected chi connectivity index (χ3v) is 6.30. The number of hydrogen-bond acceptors (Lipinski definition) is 7. The lowest BCUT2D eigenvalue weighted by molar-refractivity contribution is -0.370. The van der Waals surface area contributed by atoms with Crippen molar-refractivity contribution >= 4 is 33.4 Å². The lowest BCUT2D eigenvalue weighted by Crippen LogP contribution is -2.52. The molecule has 0 saturated heterocycles. The molecule has 1 aromatic heterocycles. The molecule has 0 amide bonds. The number of quaternary nitrogens is 1. The molecule has 0 spiro atoms. The molecule has 0 atom stereocenters. The number of ether oxygens (including phenoxy) is 2. The van der Waals surface area contributed by atoms with Gasteiger partial charge in [-0.1, -0.05) is 36.4 Å². The van der Waals surface area contributed by atoms with E-state index in [0.717, 1.165) is 33.3 Å². The van der Waals surface area contributed by atoms with E-state index in [9.17, 15) is 18.0 Å². The van der Waals surface area contributed by atoms with Crippen LogP contribution < -0.4 is 30.6 Å². The maximum atomic E-state index is 13.7. The highest BCUT2D eigenvalue weighted by Gasteiger charge is 2.28. The van der Waals surface area contributed by atoms with Crippen molar-refractivity contribution in [2.45, 2.75) is 12.8 Å². The highest BCUT2D eigenvalue weighted by Crippen LogP contribution is 2.34. The van der Waals surface area contributed by atoms with Gasteiger partial charge in [0.25, 0.3) is 0 Å². The summed E-state index contributed by atoms with van der Waals surface area (Å²) in [5.74, 6) is -1.63.